The van der Waals surface area contributed by atoms with E-state index >= 15 is 0 Å². The van der Waals surface area contributed by atoms with E-state index in [1.807, 2.05) is 0 Å². The van der Waals surface area contributed by atoms with Gasteiger partial charge in [-0.05, 0) is 25.2 Å². The standard InChI is InChI=1S/C16H32BN/c1-7-8-9-10-11-15(5)18(6)16(13(2)3)12-14(4)17/h13-14,16H,5,7-12H2,1-4,6H3. The van der Waals surface area contributed by atoms with Crippen LogP contribution in [0.5, 0.6) is 0 Å². The molecule has 0 aromatic rings. The average Bonchev–Trinajstić information content (AvgIpc) is 2.30. The van der Waals surface area contributed by atoms with E-state index in [1.165, 1.54) is 31.4 Å². The van der Waals surface area contributed by atoms with Gasteiger partial charge >= 0.3 is 0 Å². The van der Waals surface area contributed by atoms with Crippen LogP contribution in [0.4, 0.5) is 0 Å². The van der Waals surface area contributed by atoms with Crippen molar-refractivity contribution in [3.05, 3.63) is 12.3 Å². The largest absolute Gasteiger partial charge is 0.375 e. The summed E-state index contributed by atoms with van der Waals surface area (Å²) in [7, 11) is 8.13. The Kier molecular flexibility index (Phi) is 9.31. The molecule has 2 atom stereocenters. The lowest BCUT2D eigenvalue weighted by Crippen LogP contribution is -2.35. The number of nitrogens with zero attached hydrogens (tertiary/aromatic N) is 1. The second-order valence-electron chi connectivity index (χ2n) is 6.01. The van der Waals surface area contributed by atoms with Crippen LogP contribution in [-0.4, -0.2) is 25.8 Å². The van der Waals surface area contributed by atoms with Gasteiger partial charge in [-0.2, -0.15) is 0 Å². The molecule has 0 aromatic heterocycles. The summed E-state index contributed by atoms with van der Waals surface area (Å²) >= 11 is 0. The molecular weight excluding hydrogens is 217 g/mol. The van der Waals surface area contributed by atoms with Gasteiger partial charge in [-0.3, -0.25) is 0 Å². The van der Waals surface area contributed by atoms with Crippen molar-refractivity contribution in [3.63, 3.8) is 0 Å². The Morgan fingerprint density at radius 1 is 1.17 bits per heavy atom. The molecule has 0 bridgehead atoms. The van der Waals surface area contributed by atoms with E-state index in [0.717, 1.165) is 12.8 Å². The summed E-state index contributed by atoms with van der Waals surface area (Å²) in [4.78, 5) is 2.36. The number of rotatable bonds is 10. The van der Waals surface area contributed by atoms with Crippen LogP contribution in [0.15, 0.2) is 12.3 Å². The zero-order valence-corrected chi connectivity index (χ0v) is 13.2. The van der Waals surface area contributed by atoms with Crippen LogP contribution in [-0.2, 0) is 0 Å². The highest BCUT2D eigenvalue weighted by molar-refractivity contribution is 6.11. The molecule has 18 heavy (non-hydrogen) atoms. The molecule has 0 aliphatic carbocycles. The first kappa shape index (κ1) is 17.6. The van der Waals surface area contributed by atoms with Crippen LogP contribution in [0.25, 0.3) is 0 Å². The molecule has 0 aliphatic heterocycles. The van der Waals surface area contributed by atoms with E-state index < -0.39 is 0 Å². The van der Waals surface area contributed by atoms with Crippen molar-refractivity contribution in [3.8, 4) is 0 Å². The third-order valence-corrected chi connectivity index (χ3v) is 3.70. The molecule has 0 saturated heterocycles. The summed E-state index contributed by atoms with van der Waals surface area (Å²) in [6, 6.07) is 0.517. The highest BCUT2D eigenvalue weighted by atomic mass is 15.1. The molecular formula is C16H32BN. The third kappa shape index (κ3) is 7.13. The molecule has 0 aromatic carbocycles. The van der Waals surface area contributed by atoms with E-state index in [0.29, 0.717) is 12.0 Å². The van der Waals surface area contributed by atoms with Crippen molar-refractivity contribution in [1.82, 2.24) is 4.90 Å². The SMILES string of the molecule is [B]C(C)CC(C(C)C)N(C)C(=C)CCCCCC. The molecule has 0 amide bonds. The maximum absolute atomic E-state index is 5.95. The van der Waals surface area contributed by atoms with Gasteiger partial charge in [-0.1, -0.05) is 59.4 Å². The van der Waals surface area contributed by atoms with Gasteiger partial charge < -0.3 is 4.90 Å². The molecule has 0 fully saturated rings. The van der Waals surface area contributed by atoms with Crippen molar-refractivity contribution in [2.75, 3.05) is 7.05 Å². The predicted molar refractivity (Wildman–Crippen MR) is 84.1 cm³/mol. The summed E-state index contributed by atoms with van der Waals surface area (Å²) in [6.45, 7) is 13.1. The Hall–Kier alpha value is -0.395. The summed E-state index contributed by atoms with van der Waals surface area (Å²) < 4.78 is 0. The van der Waals surface area contributed by atoms with Crippen molar-refractivity contribution in [2.45, 2.75) is 78.1 Å². The molecule has 0 saturated carbocycles. The molecule has 104 valence electrons. The molecule has 0 spiro atoms. The van der Waals surface area contributed by atoms with Gasteiger partial charge in [-0.15, -0.1) is 0 Å². The van der Waals surface area contributed by atoms with Crippen LogP contribution in [0.3, 0.4) is 0 Å². The molecule has 0 rings (SSSR count). The van der Waals surface area contributed by atoms with Crippen LogP contribution in [0, 0.1) is 5.92 Å². The highest BCUT2D eigenvalue weighted by Gasteiger charge is 2.20. The molecule has 2 unspecified atom stereocenters. The fourth-order valence-corrected chi connectivity index (χ4v) is 2.43. The zero-order valence-electron chi connectivity index (χ0n) is 13.2. The van der Waals surface area contributed by atoms with Gasteiger partial charge in [0.15, 0.2) is 0 Å². The number of allylic oxidation sites excluding steroid dienone is 1. The first-order valence-corrected chi connectivity index (χ1v) is 7.56. The van der Waals surface area contributed by atoms with Crippen LogP contribution in [0.2, 0.25) is 5.82 Å². The molecule has 0 heterocycles. The lowest BCUT2D eigenvalue weighted by Gasteiger charge is -2.36. The Labute approximate surface area is 116 Å². The van der Waals surface area contributed by atoms with Gasteiger partial charge in [0.25, 0.3) is 0 Å². The number of hydrogen-bond donors (Lipinski definition) is 0. The van der Waals surface area contributed by atoms with Crippen LogP contribution >= 0.6 is 0 Å². The number of hydrogen-bond acceptors (Lipinski definition) is 1. The molecule has 2 heteroatoms. The van der Waals surface area contributed by atoms with Crippen molar-refractivity contribution < 1.29 is 0 Å². The molecule has 2 radical (unpaired) electrons. The fraction of sp³-hybridized carbons (Fsp3) is 0.875. The first-order valence-electron chi connectivity index (χ1n) is 7.56. The Bertz CT molecular complexity index is 223. The van der Waals surface area contributed by atoms with Gasteiger partial charge in [-0.25, -0.2) is 0 Å². The molecule has 0 N–H and O–H groups in total. The predicted octanol–water partition coefficient (Wildman–Crippen LogP) is 4.79. The van der Waals surface area contributed by atoms with Crippen LogP contribution < -0.4 is 0 Å². The Morgan fingerprint density at radius 2 is 1.78 bits per heavy atom. The third-order valence-electron chi connectivity index (χ3n) is 3.70. The zero-order chi connectivity index (χ0) is 14.1. The number of unbranched alkanes of at least 4 members (excludes halogenated alkanes) is 3. The maximum Gasteiger partial charge on any atom is 0.0696 e. The molecule has 0 aliphatic rings. The topological polar surface area (TPSA) is 3.24 Å². The molecule has 1 nitrogen and oxygen atoms in total. The van der Waals surface area contributed by atoms with E-state index in [2.05, 4.69) is 46.2 Å². The van der Waals surface area contributed by atoms with Gasteiger partial charge in [0.05, 0.1) is 7.85 Å². The quantitative estimate of drug-likeness (QED) is 0.397. The van der Waals surface area contributed by atoms with Crippen molar-refractivity contribution in [2.24, 2.45) is 5.92 Å². The maximum atomic E-state index is 5.95. The minimum Gasteiger partial charge on any atom is -0.375 e. The second kappa shape index (κ2) is 9.52. The summed E-state index contributed by atoms with van der Waals surface area (Å²) in [5.41, 5.74) is 1.27. The first-order chi connectivity index (χ1) is 8.40. The lowest BCUT2D eigenvalue weighted by molar-refractivity contribution is 0.218. The Balaban J connectivity index is 4.20. The van der Waals surface area contributed by atoms with Gasteiger partial charge in [0.1, 0.15) is 0 Å². The summed E-state index contributed by atoms with van der Waals surface area (Å²) in [5.74, 6) is 0.876. The van der Waals surface area contributed by atoms with E-state index in [-0.39, 0.29) is 5.82 Å². The average molecular weight is 249 g/mol. The lowest BCUT2D eigenvalue weighted by atomic mass is 9.80. The van der Waals surface area contributed by atoms with Gasteiger partial charge in [0, 0.05) is 18.8 Å². The van der Waals surface area contributed by atoms with Crippen molar-refractivity contribution in [1.29, 1.82) is 0 Å². The minimum atomic E-state index is 0.257. The van der Waals surface area contributed by atoms with E-state index in [9.17, 15) is 0 Å². The monoisotopic (exact) mass is 249 g/mol. The van der Waals surface area contributed by atoms with Crippen molar-refractivity contribution >= 4 is 7.85 Å². The smallest absolute Gasteiger partial charge is 0.0696 e. The minimum absolute atomic E-state index is 0.257. The van der Waals surface area contributed by atoms with Gasteiger partial charge in [0.2, 0.25) is 0 Å². The van der Waals surface area contributed by atoms with E-state index in [1.54, 1.807) is 0 Å². The Morgan fingerprint density at radius 3 is 2.22 bits per heavy atom. The summed E-state index contributed by atoms with van der Waals surface area (Å²) in [5, 5.41) is 0. The highest BCUT2D eigenvalue weighted by Crippen LogP contribution is 2.24. The second-order valence-corrected chi connectivity index (χ2v) is 6.01. The normalized spacial score (nSPS) is 14.6. The fourth-order valence-electron chi connectivity index (χ4n) is 2.43. The van der Waals surface area contributed by atoms with Crippen LogP contribution in [0.1, 0.15) is 66.2 Å². The summed E-state index contributed by atoms with van der Waals surface area (Å²) in [6.07, 6.45) is 7.38. The van der Waals surface area contributed by atoms with E-state index in [4.69, 9.17) is 7.85 Å².